The molecule has 2 aromatic heterocycles. The molecule has 2 saturated heterocycles. The highest BCUT2D eigenvalue weighted by atomic mass is 16.2. The van der Waals surface area contributed by atoms with Crippen LogP contribution in [0.25, 0.3) is 22.0 Å². The van der Waals surface area contributed by atoms with Crippen molar-refractivity contribution in [2.24, 2.45) is 0 Å². The van der Waals surface area contributed by atoms with Gasteiger partial charge in [-0.25, -0.2) is 0 Å². The van der Waals surface area contributed by atoms with Crippen LogP contribution in [0.1, 0.15) is 49.8 Å². The van der Waals surface area contributed by atoms with Crippen molar-refractivity contribution in [3.8, 4) is 11.1 Å². The lowest BCUT2D eigenvalue weighted by Gasteiger charge is -2.36. The molecule has 3 aromatic rings. The number of carbonyl (C=O) groups is 1. The van der Waals surface area contributed by atoms with E-state index in [0.29, 0.717) is 11.8 Å². The van der Waals surface area contributed by atoms with E-state index in [2.05, 4.69) is 63.9 Å². The molecule has 2 aliphatic rings. The van der Waals surface area contributed by atoms with E-state index in [4.69, 9.17) is 0 Å². The number of para-hydroxylation sites is 1. The van der Waals surface area contributed by atoms with Crippen molar-refractivity contribution in [2.75, 3.05) is 26.2 Å². The summed E-state index contributed by atoms with van der Waals surface area (Å²) >= 11 is 0. The molecule has 0 saturated carbocycles. The number of hydrogen-bond donors (Lipinski definition) is 1. The SMILES string of the molecule is Cc1cccc2c(-c3ccncc3)c([C@@H]3CCCN(C(=O)[C@@H](C)N4CCCC4)C3)[nH]c12. The Kier molecular flexibility index (Phi) is 5.53. The Morgan fingerprint density at radius 3 is 2.65 bits per heavy atom. The first-order valence-corrected chi connectivity index (χ1v) is 11.7. The van der Waals surface area contributed by atoms with Crippen molar-refractivity contribution in [1.82, 2.24) is 19.8 Å². The van der Waals surface area contributed by atoms with Crippen molar-refractivity contribution in [2.45, 2.75) is 51.5 Å². The third kappa shape index (κ3) is 3.76. The number of benzene rings is 1. The molecule has 0 aliphatic carbocycles. The lowest BCUT2D eigenvalue weighted by Crippen LogP contribution is -2.49. The number of aryl methyl sites for hydroxylation is 1. The van der Waals surface area contributed by atoms with Crippen LogP contribution >= 0.6 is 0 Å². The summed E-state index contributed by atoms with van der Waals surface area (Å²) in [7, 11) is 0. The molecule has 162 valence electrons. The minimum Gasteiger partial charge on any atom is -0.357 e. The van der Waals surface area contributed by atoms with Gasteiger partial charge in [0.05, 0.1) is 6.04 Å². The fourth-order valence-corrected chi connectivity index (χ4v) is 5.48. The maximum Gasteiger partial charge on any atom is 0.239 e. The number of aromatic amines is 1. The predicted molar refractivity (Wildman–Crippen MR) is 125 cm³/mol. The monoisotopic (exact) mass is 416 g/mol. The van der Waals surface area contributed by atoms with E-state index in [1.807, 2.05) is 12.4 Å². The second-order valence-corrected chi connectivity index (χ2v) is 9.19. The van der Waals surface area contributed by atoms with Crippen LogP contribution < -0.4 is 0 Å². The summed E-state index contributed by atoms with van der Waals surface area (Å²) in [5.74, 6) is 0.614. The molecule has 2 atom stereocenters. The Hall–Kier alpha value is -2.66. The summed E-state index contributed by atoms with van der Waals surface area (Å²) < 4.78 is 0. The smallest absolute Gasteiger partial charge is 0.239 e. The number of pyridine rings is 1. The molecule has 5 nitrogen and oxygen atoms in total. The highest BCUT2D eigenvalue weighted by Gasteiger charge is 2.33. The maximum absolute atomic E-state index is 13.3. The molecule has 31 heavy (non-hydrogen) atoms. The van der Waals surface area contributed by atoms with Crippen LogP contribution in [0.3, 0.4) is 0 Å². The second-order valence-electron chi connectivity index (χ2n) is 9.19. The number of fused-ring (bicyclic) bond motifs is 1. The summed E-state index contributed by atoms with van der Waals surface area (Å²) in [6, 6.07) is 10.7. The molecule has 0 bridgehead atoms. The Bertz CT molecular complexity index is 1070. The van der Waals surface area contributed by atoms with Crippen LogP contribution in [0, 0.1) is 6.92 Å². The van der Waals surface area contributed by atoms with Gasteiger partial charge in [0.25, 0.3) is 0 Å². The molecule has 2 fully saturated rings. The van der Waals surface area contributed by atoms with Crippen molar-refractivity contribution in [3.05, 3.63) is 54.0 Å². The summed E-state index contributed by atoms with van der Waals surface area (Å²) in [5.41, 5.74) is 6.19. The van der Waals surface area contributed by atoms with Crippen LogP contribution in [0.5, 0.6) is 0 Å². The first kappa shape index (κ1) is 20.3. The molecule has 0 unspecified atom stereocenters. The van der Waals surface area contributed by atoms with Crippen LogP contribution in [0.15, 0.2) is 42.7 Å². The fourth-order valence-electron chi connectivity index (χ4n) is 5.48. The van der Waals surface area contributed by atoms with E-state index in [1.165, 1.54) is 46.1 Å². The molecule has 4 heterocycles. The highest BCUT2D eigenvalue weighted by molar-refractivity contribution is 5.99. The number of aromatic nitrogens is 2. The van der Waals surface area contributed by atoms with E-state index < -0.39 is 0 Å². The lowest BCUT2D eigenvalue weighted by molar-refractivity contribution is -0.137. The summed E-state index contributed by atoms with van der Waals surface area (Å²) in [6.45, 7) is 8.02. The van der Waals surface area contributed by atoms with Gasteiger partial charge in [0.1, 0.15) is 0 Å². The molecule has 1 amide bonds. The number of nitrogens with one attached hydrogen (secondary N) is 1. The van der Waals surface area contributed by atoms with E-state index in [0.717, 1.165) is 39.0 Å². The zero-order chi connectivity index (χ0) is 21.4. The number of piperidine rings is 1. The van der Waals surface area contributed by atoms with E-state index >= 15 is 0 Å². The molecule has 0 radical (unpaired) electrons. The van der Waals surface area contributed by atoms with Gasteiger partial charge < -0.3 is 9.88 Å². The van der Waals surface area contributed by atoms with Crippen LogP contribution in [0.2, 0.25) is 0 Å². The second kappa shape index (κ2) is 8.46. The largest absolute Gasteiger partial charge is 0.357 e. The third-order valence-electron chi connectivity index (χ3n) is 7.23. The van der Waals surface area contributed by atoms with E-state index in [-0.39, 0.29) is 6.04 Å². The summed E-state index contributed by atoms with van der Waals surface area (Å²) in [5, 5.41) is 1.26. The Morgan fingerprint density at radius 2 is 1.87 bits per heavy atom. The van der Waals surface area contributed by atoms with Gasteiger partial charge in [0.2, 0.25) is 5.91 Å². The van der Waals surface area contributed by atoms with Crippen LogP contribution in [0.4, 0.5) is 0 Å². The van der Waals surface area contributed by atoms with Gasteiger partial charge in [-0.05, 0) is 75.9 Å². The summed E-state index contributed by atoms with van der Waals surface area (Å²) in [6.07, 6.45) is 8.30. The Labute approximate surface area is 184 Å². The first-order chi connectivity index (χ1) is 15.1. The number of hydrogen-bond acceptors (Lipinski definition) is 3. The standard InChI is InChI=1S/C26H32N4O/c1-18-7-5-9-22-23(20-10-12-27-13-11-20)25(28-24(18)22)21-8-6-16-30(17-21)26(31)19(2)29-14-3-4-15-29/h5,7,9-13,19,21,28H,3-4,6,8,14-17H2,1-2H3/t19-,21-/m1/s1. The zero-order valence-electron chi connectivity index (χ0n) is 18.6. The van der Waals surface area contributed by atoms with Crippen molar-refractivity contribution in [1.29, 1.82) is 0 Å². The Balaban J connectivity index is 1.49. The molecular formula is C26H32N4O. The number of carbonyl (C=O) groups excluding carboxylic acids is 1. The van der Waals surface area contributed by atoms with Crippen LogP contribution in [-0.2, 0) is 4.79 Å². The molecule has 0 spiro atoms. The van der Waals surface area contributed by atoms with Crippen LogP contribution in [-0.4, -0.2) is 57.9 Å². The Morgan fingerprint density at radius 1 is 1.10 bits per heavy atom. The topological polar surface area (TPSA) is 52.2 Å². The van der Waals surface area contributed by atoms with Crippen molar-refractivity contribution >= 4 is 16.8 Å². The number of H-pyrrole nitrogens is 1. The van der Waals surface area contributed by atoms with Gasteiger partial charge in [-0.1, -0.05) is 18.2 Å². The number of rotatable bonds is 4. The average molecular weight is 417 g/mol. The molecule has 5 heteroatoms. The minimum absolute atomic E-state index is 0.00845. The number of nitrogens with zero attached hydrogens (tertiary/aromatic N) is 3. The zero-order valence-corrected chi connectivity index (χ0v) is 18.6. The third-order valence-corrected chi connectivity index (χ3v) is 7.23. The normalized spacial score (nSPS) is 21.0. The minimum atomic E-state index is -0.00845. The quantitative estimate of drug-likeness (QED) is 0.669. The van der Waals surface area contributed by atoms with Crippen molar-refractivity contribution in [3.63, 3.8) is 0 Å². The molecular weight excluding hydrogens is 384 g/mol. The predicted octanol–water partition coefficient (Wildman–Crippen LogP) is 4.73. The van der Waals surface area contributed by atoms with Gasteiger partial charge in [0, 0.05) is 53.6 Å². The molecule has 2 aliphatic heterocycles. The molecule has 1 aromatic carbocycles. The van der Waals surface area contributed by atoms with Gasteiger partial charge in [-0.2, -0.15) is 0 Å². The molecule has 5 rings (SSSR count). The van der Waals surface area contributed by atoms with Crippen molar-refractivity contribution < 1.29 is 4.79 Å². The summed E-state index contributed by atoms with van der Waals surface area (Å²) in [4.78, 5) is 25.8. The number of amides is 1. The van der Waals surface area contributed by atoms with Gasteiger partial charge in [-0.3, -0.25) is 14.7 Å². The number of likely N-dealkylation sites (tertiary alicyclic amines) is 2. The van der Waals surface area contributed by atoms with E-state index in [1.54, 1.807) is 0 Å². The van der Waals surface area contributed by atoms with Gasteiger partial charge in [-0.15, -0.1) is 0 Å². The van der Waals surface area contributed by atoms with Gasteiger partial charge >= 0.3 is 0 Å². The molecule has 1 N–H and O–H groups in total. The van der Waals surface area contributed by atoms with Gasteiger partial charge in [0.15, 0.2) is 0 Å². The fraction of sp³-hybridized carbons (Fsp3) is 0.462. The lowest BCUT2D eigenvalue weighted by atomic mass is 9.89. The average Bonchev–Trinajstić information content (AvgIpc) is 3.48. The highest BCUT2D eigenvalue weighted by Crippen LogP contribution is 2.40. The first-order valence-electron chi connectivity index (χ1n) is 11.7. The maximum atomic E-state index is 13.3. The van der Waals surface area contributed by atoms with E-state index in [9.17, 15) is 4.79 Å².